The third kappa shape index (κ3) is 2.96. The molecule has 1 aromatic rings. The number of halogens is 1. The van der Waals surface area contributed by atoms with Crippen LogP contribution in [-0.4, -0.2) is 19.1 Å². The van der Waals surface area contributed by atoms with E-state index in [1.54, 1.807) is 18.2 Å². The van der Waals surface area contributed by atoms with E-state index >= 15 is 0 Å². The van der Waals surface area contributed by atoms with Crippen LogP contribution >= 0.6 is 11.6 Å². The molecule has 0 saturated heterocycles. The van der Waals surface area contributed by atoms with Crippen molar-refractivity contribution in [2.45, 2.75) is 12.5 Å². The molecule has 0 saturated carbocycles. The van der Waals surface area contributed by atoms with Crippen LogP contribution in [0.4, 0.5) is 0 Å². The number of carbonyl (C=O) groups excluding carboxylic acids is 1. The molecule has 1 rings (SSSR count). The van der Waals surface area contributed by atoms with E-state index in [4.69, 9.17) is 22.6 Å². The number of benzene rings is 1. The topological polar surface area (TPSA) is 76.1 Å². The highest BCUT2D eigenvalue weighted by Crippen LogP contribution is 2.17. The average molecular weight is 239 g/mol. The molecule has 0 aliphatic carbocycles. The van der Waals surface area contributed by atoms with Crippen LogP contribution in [0.15, 0.2) is 18.2 Å². The van der Waals surface area contributed by atoms with Gasteiger partial charge in [0.05, 0.1) is 17.7 Å². The monoisotopic (exact) mass is 238 g/mol. The summed E-state index contributed by atoms with van der Waals surface area (Å²) in [6.07, 6.45) is 0.318. The summed E-state index contributed by atoms with van der Waals surface area (Å²) >= 11 is 5.78. The molecule has 0 radical (unpaired) electrons. The van der Waals surface area contributed by atoms with Crippen molar-refractivity contribution in [3.05, 3.63) is 34.3 Å². The highest BCUT2D eigenvalue weighted by molar-refractivity contribution is 6.31. The van der Waals surface area contributed by atoms with E-state index in [1.165, 1.54) is 7.11 Å². The SMILES string of the molecule is COC(=O)[C@H](N)Cc1ccc(Cl)c(C#N)c1. The van der Waals surface area contributed by atoms with Crippen molar-refractivity contribution in [1.82, 2.24) is 0 Å². The minimum Gasteiger partial charge on any atom is -0.468 e. The third-order valence-electron chi connectivity index (χ3n) is 2.11. The van der Waals surface area contributed by atoms with Gasteiger partial charge in [-0.25, -0.2) is 0 Å². The maximum atomic E-state index is 11.1. The van der Waals surface area contributed by atoms with Crippen molar-refractivity contribution >= 4 is 17.6 Å². The van der Waals surface area contributed by atoms with Gasteiger partial charge >= 0.3 is 5.97 Å². The fourth-order valence-electron chi connectivity index (χ4n) is 1.27. The lowest BCUT2D eigenvalue weighted by molar-refractivity contribution is -0.142. The zero-order valence-electron chi connectivity index (χ0n) is 8.74. The number of nitrogens with zero attached hydrogens (tertiary/aromatic N) is 1. The molecule has 0 aromatic heterocycles. The number of esters is 1. The number of hydrogen-bond acceptors (Lipinski definition) is 4. The molecule has 1 aromatic carbocycles. The number of hydrogen-bond donors (Lipinski definition) is 1. The molecule has 5 heteroatoms. The molecule has 0 fully saturated rings. The smallest absolute Gasteiger partial charge is 0.322 e. The van der Waals surface area contributed by atoms with Gasteiger partial charge in [-0.05, 0) is 24.1 Å². The van der Waals surface area contributed by atoms with Gasteiger partial charge in [0.1, 0.15) is 12.1 Å². The predicted octanol–water partition coefficient (Wildman–Crippen LogP) is 1.25. The maximum absolute atomic E-state index is 11.1. The summed E-state index contributed by atoms with van der Waals surface area (Å²) in [4.78, 5) is 11.1. The molecule has 0 aliphatic rings. The fourth-order valence-corrected chi connectivity index (χ4v) is 1.43. The van der Waals surface area contributed by atoms with E-state index < -0.39 is 12.0 Å². The van der Waals surface area contributed by atoms with Crippen LogP contribution < -0.4 is 5.73 Å². The quantitative estimate of drug-likeness (QED) is 0.805. The van der Waals surface area contributed by atoms with E-state index in [0.717, 1.165) is 5.56 Å². The molecule has 1 atom stereocenters. The first-order valence-electron chi connectivity index (χ1n) is 4.60. The maximum Gasteiger partial charge on any atom is 0.322 e. The largest absolute Gasteiger partial charge is 0.468 e. The standard InChI is InChI=1S/C11H11ClN2O2/c1-16-11(15)10(14)5-7-2-3-9(12)8(4-7)6-13/h2-4,10H,5,14H2,1H3/t10-/m1/s1. The lowest BCUT2D eigenvalue weighted by Crippen LogP contribution is -2.33. The van der Waals surface area contributed by atoms with Crippen LogP contribution in [0, 0.1) is 11.3 Å². The zero-order chi connectivity index (χ0) is 12.1. The van der Waals surface area contributed by atoms with Gasteiger partial charge in [-0.2, -0.15) is 5.26 Å². The van der Waals surface area contributed by atoms with E-state index in [0.29, 0.717) is 17.0 Å². The van der Waals surface area contributed by atoms with Crippen LogP contribution in [0.25, 0.3) is 0 Å². The fraction of sp³-hybridized carbons (Fsp3) is 0.273. The zero-order valence-corrected chi connectivity index (χ0v) is 9.49. The summed E-state index contributed by atoms with van der Waals surface area (Å²) in [6.45, 7) is 0. The van der Waals surface area contributed by atoms with Gasteiger partial charge in [-0.15, -0.1) is 0 Å². The van der Waals surface area contributed by atoms with Crippen molar-refractivity contribution < 1.29 is 9.53 Å². The van der Waals surface area contributed by atoms with Crippen molar-refractivity contribution in [1.29, 1.82) is 5.26 Å². The number of rotatable bonds is 3. The molecular formula is C11H11ClN2O2. The van der Waals surface area contributed by atoms with Gasteiger partial charge in [0.15, 0.2) is 0 Å². The predicted molar refractivity (Wildman–Crippen MR) is 59.9 cm³/mol. The summed E-state index contributed by atoms with van der Waals surface area (Å²) in [6, 6.07) is 6.19. The summed E-state index contributed by atoms with van der Waals surface area (Å²) in [5, 5.41) is 9.16. The Labute approximate surface area is 98.6 Å². The minimum atomic E-state index is -0.724. The van der Waals surface area contributed by atoms with Gasteiger partial charge in [-0.1, -0.05) is 17.7 Å². The Morgan fingerprint density at radius 3 is 2.94 bits per heavy atom. The first-order valence-corrected chi connectivity index (χ1v) is 4.98. The lowest BCUT2D eigenvalue weighted by Gasteiger charge is -2.09. The molecule has 2 N–H and O–H groups in total. The highest BCUT2D eigenvalue weighted by atomic mass is 35.5. The second kappa shape index (κ2) is 5.50. The van der Waals surface area contributed by atoms with Crippen LogP contribution in [0.3, 0.4) is 0 Å². The van der Waals surface area contributed by atoms with E-state index in [-0.39, 0.29) is 0 Å². The van der Waals surface area contributed by atoms with Crippen LogP contribution in [0.1, 0.15) is 11.1 Å². The number of methoxy groups -OCH3 is 1. The van der Waals surface area contributed by atoms with Crippen molar-refractivity contribution in [2.75, 3.05) is 7.11 Å². The number of ether oxygens (including phenoxy) is 1. The average Bonchev–Trinajstić information content (AvgIpc) is 2.30. The third-order valence-corrected chi connectivity index (χ3v) is 2.44. The first-order chi connectivity index (χ1) is 7.58. The molecule has 0 spiro atoms. The number of carbonyl (C=O) groups is 1. The second-order valence-electron chi connectivity index (χ2n) is 3.26. The molecule has 84 valence electrons. The number of nitrogens with two attached hydrogens (primary N) is 1. The Hall–Kier alpha value is -1.57. The molecule has 0 aliphatic heterocycles. The Balaban J connectivity index is 2.83. The molecule has 0 bridgehead atoms. The molecule has 0 unspecified atom stereocenters. The van der Waals surface area contributed by atoms with Crippen LogP contribution in [0.5, 0.6) is 0 Å². The summed E-state index contributed by atoms with van der Waals surface area (Å²) in [5.74, 6) is -0.478. The van der Waals surface area contributed by atoms with Crippen LogP contribution in [0.2, 0.25) is 5.02 Å². The highest BCUT2D eigenvalue weighted by Gasteiger charge is 2.14. The summed E-state index contributed by atoms with van der Waals surface area (Å²) in [5.41, 5.74) is 6.75. The Kier molecular flexibility index (Phi) is 4.29. The molecule has 4 nitrogen and oxygen atoms in total. The van der Waals surface area contributed by atoms with Gasteiger partial charge in [-0.3, -0.25) is 4.79 Å². The summed E-state index contributed by atoms with van der Waals surface area (Å²) in [7, 11) is 1.28. The van der Waals surface area contributed by atoms with Gasteiger partial charge < -0.3 is 10.5 Å². The molecule has 16 heavy (non-hydrogen) atoms. The number of nitriles is 1. The summed E-state index contributed by atoms with van der Waals surface area (Å²) < 4.78 is 4.51. The first kappa shape index (κ1) is 12.5. The molecule has 0 heterocycles. The lowest BCUT2D eigenvalue weighted by atomic mass is 10.0. The van der Waals surface area contributed by atoms with Crippen molar-refractivity contribution in [2.24, 2.45) is 5.73 Å². The Morgan fingerprint density at radius 1 is 1.69 bits per heavy atom. The van der Waals surface area contributed by atoms with Crippen molar-refractivity contribution in [3.8, 4) is 6.07 Å². The Morgan fingerprint density at radius 2 is 2.38 bits per heavy atom. The van der Waals surface area contributed by atoms with E-state index in [2.05, 4.69) is 4.74 Å². The molecular weight excluding hydrogens is 228 g/mol. The Bertz CT molecular complexity index is 440. The van der Waals surface area contributed by atoms with E-state index in [9.17, 15) is 4.79 Å². The van der Waals surface area contributed by atoms with Crippen molar-refractivity contribution in [3.63, 3.8) is 0 Å². The van der Waals surface area contributed by atoms with Gasteiger partial charge in [0.25, 0.3) is 0 Å². The van der Waals surface area contributed by atoms with Gasteiger partial charge in [0.2, 0.25) is 0 Å². The normalized spacial score (nSPS) is 11.6. The van der Waals surface area contributed by atoms with Crippen LogP contribution in [-0.2, 0) is 16.0 Å². The minimum absolute atomic E-state index is 0.318. The molecule has 0 amide bonds. The van der Waals surface area contributed by atoms with Gasteiger partial charge in [0, 0.05) is 0 Å². The second-order valence-corrected chi connectivity index (χ2v) is 3.67. The van der Waals surface area contributed by atoms with E-state index in [1.807, 2.05) is 6.07 Å².